The average Bonchev–Trinajstić information content (AvgIpc) is 3.16. The van der Waals surface area contributed by atoms with Gasteiger partial charge >= 0.3 is 6.29 Å². The zero-order valence-corrected chi connectivity index (χ0v) is 14.4. The van der Waals surface area contributed by atoms with Crippen molar-refractivity contribution in [2.75, 3.05) is 5.32 Å². The second-order valence-electron chi connectivity index (χ2n) is 6.14. The number of aromatic nitrogens is 1. The molecule has 1 aliphatic heterocycles. The van der Waals surface area contributed by atoms with Crippen molar-refractivity contribution < 1.29 is 27.5 Å². The predicted octanol–water partition coefficient (Wildman–Crippen LogP) is 4.53. The summed E-state index contributed by atoms with van der Waals surface area (Å²) in [7, 11) is 0. The van der Waals surface area contributed by atoms with Gasteiger partial charge in [-0.25, -0.2) is 4.98 Å². The Kier molecular flexibility index (Phi) is 3.83. The summed E-state index contributed by atoms with van der Waals surface area (Å²) in [4.78, 5) is 16.4. The zero-order valence-electron chi connectivity index (χ0n) is 14.4. The molecular weight excluding hydrogens is 358 g/mol. The molecule has 1 N–H and O–H groups in total. The minimum Gasteiger partial charge on any atom is -0.471 e. The summed E-state index contributed by atoms with van der Waals surface area (Å²) < 4.78 is 40.4. The Morgan fingerprint density at radius 2 is 1.81 bits per heavy atom. The molecule has 3 aromatic rings. The summed E-state index contributed by atoms with van der Waals surface area (Å²) in [6, 6.07) is 6.33. The minimum absolute atomic E-state index is 0.00595. The first-order valence-electron chi connectivity index (χ1n) is 8.03. The normalized spacial score (nSPS) is 14.2. The standard InChI is InChI=1S/C19H14F2N2O4/c1-10-5-15-16(27-19(20,21)26-15)6-13(10)12-3-4-17(22-7-12)23-18(24)14-9-25-8-11(14)2/h3-9H,1-2H3,(H,22,23,24). The quantitative estimate of drug-likeness (QED) is 0.731. The van der Waals surface area contributed by atoms with Crippen molar-refractivity contribution >= 4 is 11.7 Å². The van der Waals surface area contributed by atoms with Gasteiger partial charge in [-0.15, -0.1) is 8.78 Å². The molecule has 6 nitrogen and oxygen atoms in total. The molecule has 0 saturated carbocycles. The van der Waals surface area contributed by atoms with Gasteiger partial charge in [0.15, 0.2) is 11.5 Å². The average molecular weight is 372 g/mol. The van der Waals surface area contributed by atoms with Gasteiger partial charge in [-0.2, -0.15) is 0 Å². The minimum atomic E-state index is -3.66. The predicted molar refractivity (Wildman–Crippen MR) is 92.0 cm³/mol. The van der Waals surface area contributed by atoms with Crippen LogP contribution in [-0.2, 0) is 0 Å². The summed E-state index contributed by atoms with van der Waals surface area (Å²) in [6.45, 7) is 3.54. The van der Waals surface area contributed by atoms with Crippen LogP contribution in [0.25, 0.3) is 11.1 Å². The number of fused-ring (bicyclic) bond motifs is 1. The number of ether oxygens (including phenoxy) is 2. The fourth-order valence-corrected chi connectivity index (χ4v) is 2.81. The second-order valence-corrected chi connectivity index (χ2v) is 6.14. The van der Waals surface area contributed by atoms with Crippen molar-refractivity contribution in [2.24, 2.45) is 0 Å². The number of furan rings is 1. The number of carbonyl (C=O) groups excluding carboxylic acids is 1. The molecule has 27 heavy (non-hydrogen) atoms. The highest BCUT2D eigenvalue weighted by Crippen LogP contribution is 2.44. The van der Waals surface area contributed by atoms with E-state index in [0.29, 0.717) is 22.5 Å². The van der Waals surface area contributed by atoms with Crippen LogP contribution in [0.4, 0.5) is 14.6 Å². The van der Waals surface area contributed by atoms with Gasteiger partial charge < -0.3 is 19.2 Å². The lowest BCUT2D eigenvalue weighted by molar-refractivity contribution is -0.286. The maximum atomic E-state index is 13.2. The van der Waals surface area contributed by atoms with Gasteiger partial charge in [0, 0.05) is 11.8 Å². The molecule has 138 valence electrons. The van der Waals surface area contributed by atoms with Crippen molar-refractivity contribution in [1.82, 2.24) is 4.98 Å². The number of hydrogen-bond donors (Lipinski definition) is 1. The van der Waals surface area contributed by atoms with Crippen LogP contribution < -0.4 is 14.8 Å². The molecule has 0 fully saturated rings. The van der Waals surface area contributed by atoms with Crippen molar-refractivity contribution in [3.63, 3.8) is 0 Å². The van der Waals surface area contributed by atoms with Gasteiger partial charge in [0.05, 0.1) is 11.8 Å². The molecule has 3 heterocycles. The molecular formula is C19H14F2N2O4. The number of benzene rings is 1. The Balaban J connectivity index is 1.57. The zero-order chi connectivity index (χ0) is 19.2. The number of hydrogen-bond acceptors (Lipinski definition) is 5. The number of anilines is 1. The summed E-state index contributed by atoms with van der Waals surface area (Å²) >= 11 is 0. The molecule has 4 rings (SSSR count). The number of nitrogens with one attached hydrogen (secondary N) is 1. The van der Waals surface area contributed by atoms with Crippen LogP contribution in [0.1, 0.15) is 21.5 Å². The molecule has 0 spiro atoms. The highest BCUT2D eigenvalue weighted by Gasteiger charge is 2.43. The Morgan fingerprint density at radius 3 is 2.44 bits per heavy atom. The largest absolute Gasteiger partial charge is 0.586 e. The third-order valence-electron chi connectivity index (χ3n) is 4.16. The Morgan fingerprint density at radius 1 is 1.07 bits per heavy atom. The van der Waals surface area contributed by atoms with Gasteiger partial charge in [0.2, 0.25) is 0 Å². The molecule has 2 aromatic heterocycles. The van der Waals surface area contributed by atoms with Crippen LogP contribution in [0, 0.1) is 13.8 Å². The lowest BCUT2D eigenvalue weighted by Crippen LogP contribution is -2.25. The number of nitrogens with zero attached hydrogens (tertiary/aromatic N) is 1. The van der Waals surface area contributed by atoms with Gasteiger partial charge in [0.25, 0.3) is 5.91 Å². The number of rotatable bonds is 3. The topological polar surface area (TPSA) is 73.6 Å². The van der Waals surface area contributed by atoms with E-state index in [0.717, 1.165) is 11.1 Å². The number of carbonyl (C=O) groups is 1. The molecule has 1 aliphatic rings. The van der Waals surface area contributed by atoms with Gasteiger partial charge in [0.1, 0.15) is 12.1 Å². The third-order valence-corrected chi connectivity index (χ3v) is 4.16. The summed E-state index contributed by atoms with van der Waals surface area (Å²) in [5.41, 5.74) is 3.23. The maximum absolute atomic E-state index is 13.2. The lowest BCUT2D eigenvalue weighted by atomic mass is 10.0. The van der Waals surface area contributed by atoms with E-state index in [9.17, 15) is 13.6 Å². The monoisotopic (exact) mass is 372 g/mol. The van der Waals surface area contributed by atoms with Crippen molar-refractivity contribution in [2.45, 2.75) is 20.1 Å². The fourth-order valence-electron chi connectivity index (χ4n) is 2.81. The number of alkyl halides is 2. The van der Waals surface area contributed by atoms with Crippen LogP contribution >= 0.6 is 0 Å². The van der Waals surface area contributed by atoms with E-state index in [-0.39, 0.29) is 17.4 Å². The highest BCUT2D eigenvalue weighted by molar-refractivity contribution is 6.04. The van der Waals surface area contributed by atoms with Gasteiger partial charge in [-0.3, -0.25) is 4.79 Å². The van der Waals surface area contributed by atoms with Crippen LogP contribution in [0.5, 0.6) is 11.5 Å². The molecule has 0 aliphatic carbocycles. The molecule has 0 atom stereocenters. The SMILES string of the molecule is Cc1cocc1C(=O)Nc1ccc(-c2cc3c(cc2C)OC(F)(F)O3)cn1. The van der Waals surface area contributed by atoms with Crippen molar-refractivity contribution in [1.29, 1.82) is 0 Å². The first kappa shape index (κ1) is 17.0. The molecule has 0 radical (unpaired) electrons. The van der Waals surface area contributed by atoms with Crippen LogP contribution in [-0.4, -0.2) is 17.2 Å². The van der Waals surface area contributed by atoms with E-state index in [1.807, 2.05) is 0 Å². The van der Waals surface area contributed by atoms with Crippen LogP contribution in [0.3, 0.4) is 0 Å². The second kappa shape index (κ2) is 6.08. The summed E-state index contributed by atoms with van der Waals surface area (Å²) in [6.07, 6.45) is 0.730. The summed E-state index contributed by atoms with van der Waals surface area (Å²) in [5, 5.41) is 2.68. The highest BCUT2D eigenvalue weighted by atomic mass is 19.3. The smallest absolute Gasteiger partial charge is 0.471 e. The Labute approximate surface area is 152 Å². The Hall–Kier alpha value is -3.42. The number of amides is 1. The van der Waals surface area contributed by atoms with Crippen LogP contribution in [0.2, 0.25) is 0 Å². The van der Waals surface area contributed by atoms with E-state index < -0.39 is 6.29 Å². The van der Waals surface area contributed by atoms with E-state index >= 15 is 0 Å². The Bertz CT molecular complexity index is 1030. The fraction of sp³-hybridized carbons (Fsp3) is 0.158. The third kappa shape index (κ3) is 3.21. The molecule has 8 heteroatoms. The van der Waals surface area contributed by atoms with E-state index in [2.05, 4.69) is 19.8 Å². The van der Waals surface area contributed by atoms with Crippen LogP contribution in [0.15, 0.2) is 47.4 Å². The molecule has 0 bridgehead atoms. The molecule has 1 aromatic carbocycles. The first-order valence-corrected chi connectivity index (χ1v) is 8.03. The lowest BCUT2D eigenvalue weighted by Gasteiger charge is -2.09. The van der Waals surface area contributed by atoms with E-state index in [1.165, 1.54) is 24.7 Å². The maximum Gasteiger partial charge on any atom is 0.586 e. The number of halogens is 2. The van der Waals surface area contributed by atoms with Gasteiger partial charge in [-0.05, 0) is 54.8 Å². The first-order chi connectivity index (χ1) is 12.8. The summed E-state index contributed by atoms with van der Waals surface area (Å²) in [5.74, 6) is -0.0146. The number of aryl methyl sites for hydroxylation is 2. The van der Waals surface area contributed by atoms with Gasteiger partial charge in [-0.1, -0.05) is 0 Å². The molecule has 0 unspecified atom stereocenters. The van der Waals surface area contributed by atoms with E-state index in [1.54, 1.807) is 32.2 Å². The van der Waals surface area contributed by atoms with Crippen molar-refractivity contribution in [3.05, 3.63) is 59.7 Å². The molecule has 0 saturated heterocycles. The molecule has 1 amide bonds. The number of pyridine rings is 1. The van der Waals surface area contributed by atoms with Crippen molar-refractivity contribution in [3.8, 4) is 22.6 Å². The van der Waals surface area contributed by atoms with E-state index in [4.69, 9.17) is 4.42 Å².